The quantitative estimate of drug-likeness (QED) is 0.0165. The minimum Gasteiger partial charge on any atom is -0.481 e. The normalized spacial score (nSPS) is 14.7. The average Bonchev–Trinajstić information content (AvgIpc) is 0.855. The van der Waals surface area contributed by atoms with Crippen molar-refractivity contribution in [3.8, 4) is 0 Å². The Morgan fingerprint density at radius 3 is 1.26 bits per heavy atom. The molecule has 1 aromatic carbocycles. The lowest BCUT2D eigenvalue weighted by Crippen LogP contribution is -2.61. The van der Waals surface area contributed by atoms with Gasteiger partial charge in [-0.1, -0.05) is 106 Å². The average molecular weight is 1560 g/mol. The topological polar surface area (TPSA) is 674 Å². The number of hydrogen-bond donors (Lipinski definition) is 22. The Hall–Kier alpha value is -10.3. The number of carbonyl (C=O) groups is 15. The predicted octanol–water partition coefficient (Wildman–Crippen LogP) is -5.31. The number of primary amides is 2. The lowest BCUT2D eigenvalue weighted by atomic mass is 9.97. The molecule has 0 radical (unpaired) electrons. The molecule has 0 aliphatic rings. The van der Waals surface area contributed by atoms with E-state index >= 15 is 0 Å². The number of aliphatic carboxylic acids is 1. The van der Waals surface area contributed by atoms with Crippen LogP contribution in [0.1, 0.15) is 171 Å². The minimum atomic E-state index is -2.03. The molecule has 14 amide bonds. The number of aliphatic hydroxyl groups is 1. The first-order valence-electron chi connectivity index (χ1n) is 37.2. The van der Waals surface area contributed by atoms with Gasteiger partial charge < -0.3 is 120 Å². The predicted molar refractivity (Wildman–Crippen MR) is 409 cm³/mol. The Labute approximate surface area is 642 Å². The SMILES string of the molecule is CC[C@H](C)[C@H](NC(=O)[C@H](CCCCN)NC(=O)[C@H](CC(C)C)NC(=O)[C@@H](N)CCCN=C(N)N)C(=O)NCC(=O)N[C@@H](CC(C)C)C(=O)N[C@@H](Cc1ccccc1)C(=O)N[C@@H](CC(=O)O)C(=O)N[C@@H](CCC(N)=O)C(=O)N[C@@H](CC(C)C)C(=O)N[C@@H](CO)C(=O)N[C@@H](CCCN=C(N)N)C(=O)N[C@@H](CC(C)C)C(N)=O. The summed E-state index contributed by atoms with van der Waals surface area (Å²) in [6, 6.07) is -9.25. The molecule has 39 heteroatoms. The molecule has 0 saturated carbocycles. The molecule has 110 heavy (non-hydrogen) atoms. The third-order valence-electron chi connectivity index (χ3n) is 17.1. The molecular weight excluding hydrogens is 1430 g/mol. The maximum absolute atomic E-state index is 14.6. The van der Waals surface area contributed by atoms with E-state index in [2.05, 4.69) is 73.8 Å². The molecule has 0 unspecified atom stereocenters. The maximum Gasteiger partial charge on any atom is 0.305 e. The van der Waals surface area contributed by atoms with Crippen LogP contribution in [0.2, 0.25) is 0 Å². The molecule has 13 atom stereocenters. The van der Waals surface area contributed by atoms with E-state index in [0.29, 0.717) is 31.2 Å². The van der Waals surface area contributed by atoms with E-state index in [1.54, 1.807) is 85.7 Å². The molecule has 0 spiro atoms. The summed E-state index contributed by atoms with van der Waals surface area (Å²) in [4.78, 5) is 213. The van der Waals surface area contributed by atoms with Crippen molar-refractivity contribution in [2.45, 2.75) is 244 Å². The zero-order valence-electron chi connectivity index (χ0n) is 65.1. The molecule has 0 aliphatic carbocycles. The van der Waals surface area contributed by atoms with Crippen LogP contribution in [0, 0.1) is 29.6 Å². The van der Waals surface area contributed by atoms with Gasteiger partial charge in [0.2, 0.25) is 82.7 Å². The number of hydrogen-bond acceptors (Lipinski definition) is 20. The summed E-state index contributed by atoms with van der Waals surface area (Å²) in [5.74, 6) is -16.5. The van der Waals surface area contributed by atoms with E-state index in [0.717, 1.165) is 0 Å². The molecule has 0 heterocycles. The number of amides is 14. The van der Waals surface area contributed by atoms with Crippen molar-refractivity contribution in [1.29, 1.82) is 0 Å². The van der Waals surface area contributed by atoms with Gasteiger partial charge >= 0.3 is 5.97 Å². The van der Waals surface area contributed by atoms with E-state index in [1.165, 1.54) is 0 Å². The number of carboxylic acid groups (broad SMARTS) is 1. The van der Waals surface area contributed by atoms with Crippen LogP contribution in [0.25, 0.3) is 0 Å². The van der Waals surface area contributed by atoms with Crippen LogP contribution >= 0.6 is 0 Å². The molecule has 39 nitrogen and oxygen atoms in total. The van der Waals surface area contributed by atoms with Crippen molar-refractivity contribution >= 4 is 101 Å². The van der Waals surface area contributed by atoms with Crippen molar-refractivity contribution in [3.05, 3.63) is 35.9 Å². The number of unbranched alkanes of at least 4 members (excludes halogenated alkanes) is 1. The zero-order valence-corrected chi connectivity index (χ0v) is 65.1. The van der Waals surface area contributed by atoms with Crippen molar-refractivity contribution in [1.82, 2.24) is 63.8 Å². The molecule has 1 aromatic rings. The van der Waals surface area contributed by atoms with Crippen molar-refractivity contribution < 1.29 is 82.1 Å². The number of rotatable bonds is 55. The van der Waals surface area contributed by atoms with Crippen molar-refractivity contribution in [2.75, 3.05) is 32.8 Å². The van der Waals surface area contributed by atoms with Crippen LogP contribution in [0.15, 0.2) is 40.3 Å². The third kappa shape index (κ3) is 40.2. The number of carboxylic acids is 1. The summed E-state index contributed by atoms with van der Waals surface area (Å²) in [6.07, 6.45) is -0.585. The monoisotopic (exact) mass is 1560 g/mol. The highest BCUT2D eigenvalue weighted by Crippen LogP contribution is 2.16. The fraction of sp³-hybridized carbons (Fsp3) is 0.676. The molecule has 0 saturated heterocycles. The van der Waals surface area contributed by atoms with Crippen LogP contribution in [0.5, 0.6) is 0 Å². The van der Waals surface area contributed by atoms with E-state index in [4.69, 9.17) is 45.9 Å². The Balaban J connectivity index is 3.60. The Kier molecular flexibility index (Phi) is 46.1. The zero-order chi connectivity index (χ0) is 83.5. The molecule has 0 aliphatic heterocycles. The minimum absolute atomic E-state index is 0.0173. The fourth-order valence-electron chi connectivity index (χ4n) is 11.1. The molecule has 620 valence electrons. The van der Waals surface area contributed by atoms with E-state index < -0.39 is 200 Å². The number of nitrogens with zero attached hydrogens (tertiary/aromatic N) is 2. The summed E-state index contributed by atoms with van der Waals surface area (Å²) in [6.45, 7) is 16.2. The van der Waals surface area contributed by atoms with Crippen LogP contribution in [-0.4, -0.2) is 216 Å². The fourth-order valence-corrected chi connectivity index (χ4v) is 11.1. The van der Waals surface area contributed by atoms with Crippen LogP contribution < -0.4 is 110 Å². The van der Waals surface area contributed by atoms with Crippen LogP contribution in [0.3, 0.4) is 0 Å². The number of nitrogens with two attached hydrogens (primary N) is 8. The number of carbonyl (C=O) groups excluding carboxylic acids is 14. The van der Waals surface area contributed by atoms with Gasteiger partial charge in [-0.2, -0.15) is 0 Å². The number of aliphatic hydroxyl groups excluding tert-OH is 1. The lowest BCUT2D eigenvalue weighted by molar-refractivity contribution is -0.141. The third-order valence-corrected chi connectivity index (χ3v) is 17.1. The van der Waals surface area contributed by atoms with Crippen LogP contribution in [-0.2, 0) is 78.3 Å². The number of benzene rings is 1. The summed E-state index contributed by atoms with van der Waals surface area (Å²) >= 11 is 0. The first-order chi connectivity index (χ1) is 51.6. The van der Waals surface area contributed by atoms with Gasteiger partial charge in [-0.15, -0.1) is 0 Å². The Morgan fingerprint density at radius 2 is 0.809 bits per heavy atom. The van der Waals surface area contributed by atoms with Crippen molar-refractivity contribution in [3.63, 3.8) is 0 Å². The second-order valence-corrected chi connectivity index (χ2v) is 28.9. The van der Waals surface area contributed by atoms with Gasteiger partial charge in [0.15, 0.2) is 11.9 Å². The molecule has 0 bridgehead atoms. The molecule has 0 fully saturated rings. The Morgan fingerprint density at radius 1 is 0.427 bits per heavy atom. The van der Waals surface area contributed by atoms with E-state index in [9.17, 15) is 82.1 Å². The lowest BCUT2D eigenvalue weighted by Gasteiger charge is -2.28. The summed E-state index contributed by atoms with van der Waals surface area (Å²) in [5.41, 5.74) is 45.1. The second kappa shape index (κ2) is 51.9. The standard InChI is InChI=1S/C71H124N22O17/c1-11-41(10)57(93-62(103)44(22-15-16-26-72)84-64(105)49(31-39(6)7)88-59(100)43(73)21-17-27-80-70(76)77)69(110)82-35-55(96)83-48(30-38(4)5)63(104)90-51(33-42-19-13-12-14-20-42)66(107)91-52(34-56(97)98)67(108)86-46(24-25-54(74)95)61(102)89-50(32-40(8)9)65(106)92-53(36-94)68(109)85-45(23-18-28-81-71(78)79)60(101)87-47(58(75)99)29-37(2)3/h12-14,19-20,37-41,43-53,57,94H,11,15-18,21-36,72-73H2,1-10H3,(H2,74,95)(H2,75,99)(H,82,110)(H,83,96)(H,84,105)(H,85,109)(H,86,108)(H,87,101)(H,88,100)(H,89,102)(H,90,104)(H,91,107)(H,92,106)(H,93,103)(H,97,98)(H4,76,77,80)(H4,78,79,81)/t41-,43-,44-,45-,46-,47-,48-,49-,50-,51-,52-,53-,57-/m0/s1. The summed E-state index contributed by atoms with van der Waals surface area (Å²) in [5, 5.41) is 50.9. The van der Waals surface area contributed by atoms with Gasteiger partial charge in [0.25, 0.3) is 0 Å². The van der Waals surface area contributed by atoms with Gasteiger partial charge in [-0.3, -0.25) is 81.9 Å². The largest absolute Gasteiger partial charge is 0.481 e. The Bertz CT molecular complexity index is 3240. The smallest absolute Gasteiger partial charge is 0.305 e. The summed E-state index contributed by atoms with van der Waals surface area (Å²) < 4.78 is 0. The van der Waals surface area contributed by atoms with Gasteiger partial charge in [-0.05, 0) is 119 Å². The molecular formula is C71H124N22O17. The number of nitrogens with one attached hydrogen (secondary N) is 12. The first kappa shape index (κ1) is 97.7. The molecule has 30 N–H and O–H groups in total. The maximum atomic E-state index is 14.6. The van der Waals surface area contributed by atoms with Gasteiger partial charge in [-0.25, -0.2) is 0 Å². The van der Waals surface area contributed by atoms with Gasteiger partial charge in [0.05, 0.1) is 25.6 Å². The number of aliphatic imine (C=N–C) groups is 2. The van der Waals surface area contributed by atoms with Gasteiger partial charge in [0, 0.05) is 25.9 Å². The van der Waals surface area contributed by atoms with Crippen molar-refractivity contribution in [2.24, 2.45) is 85.4 Å². The van der Waals surface area contributed by atoms with E-state index in [-0.39, 0.29) is 113 Å². The van der Waals surface area contributed by atoms with E-state index in [1.807, 2.05) is 13.8 Å². The molecule has 1 rings (SSSR count). The highest BCUT2D eigenvalue weighted by molar-refractivity contribution is 6.00. The second-order valence-electron chi connectivity index (χ2n) is 28.9. The highest BCUT2D eigenvalue weighted by atomic mass is 16.4. The molecule has 0 aromatic heterocycles. The highest BCUT2D eigenvalue weighted by Gasteiger charge is 2.38. The number of guanidine groups is 2. The summed E-state index contributed by atoms with van der Waals surface area (Å²) in [7, 11) is 0. The first-order valence-corrected chi connectivity index (χ1v) is 37.2. The van der Waals surface area contributed by atoms with Crippen LogP contribution in [0.4, 0.5) is 0 Å². The van der Waals surface area contributed by atoms with Gasteiger partial charge in [0.1, 0.15) is 66.5 Å².